The molecule has 5 nitrogen and oxygen atoms in total. The summed E-state index contributed by atoms with van der Waals surface area (Å²) < 4.78 is 1.71. The fourth-order valence-electron chi connectivity index (χ4n) is 2.58. The van der Waals surface area contributed by atoms with Crippen molar-refractivity contribution in [3.63, 3.8) is 0 Å². The summed E-state index contributed by atoms with van der Waals surface area (Å²) in [4.78, 5) is 21.2. The second-order valence-corrected chi connectivity index (χ2v) is 8.13. The van der Waals surface area contributed by atoms with Gasteiger partial charge in [-0.2, -0.15) is 4.98 Å². The lowest BCUT2D eigenvalue weighted by atomic mass is 9.86. The van der Waals surface area contributed by atoms with E-state index in [2.05, 4.69) is 35.8 Å². The molecule has 0 aliphatic carbocycles. The molecule has 0 unspecified atom stereocenters. The van der Waals surface area contributed by atoms with Crippen molar-refractivity contribution in [1.29, 1.82) is 0 Å². The Morgan fingerprint density at radius 3 is 2.44 bits per heavy atom. The van der Waals surface area contributed by atoms with Crippen LogP contribution >= 0.6 is 11.8 Å². The zero-order valence-corrected chi connectivity index (χ0v) is 16.0. The van der Waals surface area contributed by atoms with Crippen LogP contribution in [0.15, 0.2) is 35.5 Å². The van der Waals surface area contributed by atoms with Gasteiger partial charge in [0.2, 0.25) is 5.16 Å². The fourth-order valence-corrected chi connectivity index (χ4v) is 3.29. The summed E-state index contributed by atoms with van der Waals surface area (Å²) in [7, 11) is 0. The minimum absolute atomic E-state index is 0.0742. The van der Waals surface area contributed by atoms with Gasteiger partial charge in [-0.15, -0.1) is 5.10 Å². The predicted octanol–water partition coefficient (Wildman–Crippen LogP) is 4.01. The van der Waals surface area contributed by atoms with E-state index in [0.717, 1.165) is 17.0 Å². The zero-order chi connectivity index (χ0) is 18.2. The summed E-state index contributed by atoms with van der Waals surface area (Å²) in [5.41, 5.74) is 3.90. The van der Waals surface area contributed by atoms with Gasteiger partial charge in [-0.25, -0.2) is 9.50 Å². The van der Waals surface area contributed by atoms with E-state index in [-0.39, 0.29) is 11.2 Å². The molecule has 2 aromatic heterocycles. The van der Waals surface area contributed by atoms with E-state index in [1.54, 1.807) is 4.52 Å². The Kier molecular flexibility index (Phi) is 4.64. The van der Waals surface area contributed by atoms with Crippen LogP contribution in [0.2, 0.25) is 0 Å². The van der Waals surface area contributed by atoms with Crippen LogP contribution in [-0.4, -0.2) is 31.1 Å². The average molecular weight is 354 g/mol. The summed E-state index contributed by atoms with van der Waals surface area (Å²) in [6.07, 6.45) is 0. The smallest absolute Gasteiger partial charge is 0.253 e. The molecule has 0 radical (unpaired) electrons. The number of hydrogen-bond acceptors (Lipinski definition) is 5. The average Bonchev–Trinajstić information content (AvgIpc) is 2.95. The normalized spacial score (nSPS) is 11.9. The molecule has 0 aliphatic heterocycles. The molecular formula is C19H22N4OS. The molecule has 0 fully saturated rings. The molecule has 0 saturated carbocycles. The Hall–Kier alpha value is -2.21. The van der Waals surface area contributed by atoms with Gasteiger partial charge in [-0.05, 0) is 30.9 Å². The monoisotopic (exact) mass is 354 g/mol. The van der Waals surface area contributed by atoms with Crippen LogP contribution in [-0.2, 0) is 5.41 Å². The van der Waals surface area contributed by atoms with Crippen LogP contribution in [0.4, 0.5) is 0 Å². The first kappa shape index (κ1) is 17.6. The lowest BCUT2D eigenvalue weighted by molar-refractivity contribution is 0.102. The quantitative estimate of drug-likeness (QED) is 0.523. The Morgan fingerprint density at radius 1 is 1.12 bits per heavy atom. The van der Waals surface area contributed by atoms with E-state index >= 15 is 0 Å². The molecule has 6 heteroatoms. The molecule has 0 saturated heterocycles. The molecule has 0 spiro atoms. The third-order valence-electron chi connectivity index (χ3n) is 4.00. The van der Waals surface area contributed by atoms with Crippen LogP contribution in [0.5, 0.6) is 0 Å². The van der Waals surface area contributed by atoms with E-state index in [0.29, 0.717) is 16.7 Å². The van der Waals surface area contributed by atoms with Crippen molar-refractivity contribution in [2.45, 2.75) is 45.2 Å². The Bertz CT molecular complexity index is 923. The predicted molar refractivity (Wildman–Crippen MR) is 100 cm³/mol. The lowest BCUT2D eigenvalue weighted by Gasteiger charge is -2.18. The minimum Gasteiger partial charge on any atom is -0.293 e. The topological polar surface area (TPSA) is 60.2 Å². The first-order chi connectivity index (χ1) is 11.7. The number of hydrogen-bond donors (Lipinski definition) is 0. The van der Waals surface area contributed by atoms with Crippen molar-refractivity contribution < 1.29 is 4.79 Å². The molecule has 130 valence electrons. The van der Waals surface area contributed by atoms with Gasteiger partial charge in [0.15, 0.2) is 5.78 Å². The third-order valence-corrected chi connectivity index (χ3v) is 4.84. The van der Waals surface area contributed by atoms with Crippen LogP contribution in [0, 0.1) is 13.8 Å². The number of aromatic nitrogens is 4. The van der Waals surface area contributed by atoms with Gasteiger partial charge in [-0.1, -0.05) is 56.8 Å². The number of fused-ring (bicyclic) bond motifs is 1. The number of aryl methyl sites for hydroxylation is 2. The van der Waals surface area contributed by atoms with Crippen molar-refractivity contribution in [1.82, 2.24) is 19.6 Å². The van der Waals surface area contributed by atoms with E-state index in [4.69, 9.17) is 0 Å². The lowest BCUT2D eigenvalue weighted by Crippen LogP contribution is -2.11. The molecule has 0 atom stereocenters. The first-order valence-electron chi connectivity index (χ1n) is 8.21. The minimum atomic E-state index is 0.0742. The number of ketones is 1. The molecule has 0 bridgehead atoms. The van der Waals surface area contributed by atoms with Crippen molar-refractivity contribution in [3.8, 4) is 0 Å². The van der Waals surface area contributed by atoms with Crippen molar-refractivity contribution >= 4 is 23.3 Å². The highest BCUT2D eigenvalue weighted by Gasteiger charge is 2.15. The maximum absolute atomic E-state index is 12.4. The van der Waals surface area contributed by atoms with Crippen LogP contribution in [0.3, 0.4) is 0 Å². The van der Waals surface area contributed by atoms with E-state index < -0.39 is 0 Å². The summed E-state index contributed by atoms with van der Waals surface area (Å²) in [5.74, 6) is 0.955. The molecule has 25 heavy (non-hydrogen) atoms. The van der Waals surface area contributed by atoms with Gasteiger partial charge >= 0.3 is 0 Å². The van der Waals surface area contributed by atoms with Crippen LogP contribution in [0.1, 0.15) is 48.1 Å². The van der Waals surface area contributed by atoms with Gasteiger partial charge in [0.25, 0.3) is 5.78 Å². The van der Waals surface area contributed by atoms with Crippen molar-refractivity contribution in [3.05, 3.63) is 52.8 Å². The highest BCUT2D eigenvalue weighted by molar-refractivity contribution is 7.99. The van der Waals surface area contributed by atoms with Crippen LogP contribution in [0.25, 0.3) is 5.78 Å². The second kappa shape index (κ2) is 6.59. The molecule has 0 amide bonds. The van der Waals surface area contributed by atoms with Gasteiger partial charge in [0.05, 0.1) is 5.75 Å². The van der Waals surface area contributed by atoms with Crippen molar-refractivity contribution in [2.24, 2.45) is 0 Å². The van der Waals surface area contributed by atoms with Crippen molar-refractivity contribution in [2.75, 3.05) is 5.75 Å². The number of rotatable bonds is 4. The van der Waals surface area contributed by atoms with Gasteiger partial charge in [0.1, 0.15) is 0 Å². The number of Topliss-reactive ketones (excluding diaryl/α,β-unsaturated/α-hetero) is 1. The summed E-state index contributed by atoms with van der Waals surface area (Å²) in [6.45, 7) is 10.4. The number of thioether (sulfide) groups is 1. The highest BCUT2D eigenvalue weighted by Crippen LogP contribution is 2.23. The molecule has 0 N–H and O–H groups in total. The first-order valence-corrected chi connectivity index (χ1v) is 9.20. The summed E-state index contributed by atoms with van der Waals surface area (Å²) >= 11 is 1.34. The van der Waals surface area contributed by atoms with E-state index in [1.165, 1.54) is 17.3 Å². The second-order valence-electron chi connectivity index (χ2n) is 7.18. The molecule has 1 aromatic carbocycles. The van der Waals surface area contributed by atoms with Gasteiger partial charge < -0.3 is 0 Å². The Labute approximate surface area is 151 Å². The maximum atomic E-state index is 12.4. The SMILES string of the molecule is Cc1cc(C)n2nc(SCC(=O)c3ccc(C(C)(C)C)cc3)nc2n1. The molecule has 0 aliphatic rings. The molecular weight excluding hydrogens is 332 g/mol. The fraction of sp³-hybridized carbons (Fsp3) is 0.368. The highest BCUT2D eigenvalue weighted by atomic mass is 32.2. The molecule has 3 rings (SSSR count). The van der Waals surface area contributed by atoms with Gasteiger partial charge in [0, 0.05) is 17.0 Å². The number of carbonyl (C=O) groups excluding carboxylic acids is 1. The van der Waals surface area contributed by atoms with Crippen LogP contribution < -0.4 is 0 Å². The molecule has 2 heterocycles. The number of carbonyl (C=O) groups is 1. The largest absolute Gasteiger partial charge is 0.293 e. The number of nitrogens with zero attached hydrogens (tertiary/aromatic N) is 4. The standard InChI is InChI=1S/C19H22N4OS/c1-12-10-13(2)23-17(20-12)21-18(22-23)25-11-16(24)14-6-8-15(9-7-14)19(3,4)5/h6-10H,11H2,1-5H3. The molecule has 3 aromatic rings. The zero-order valence-electron chi connectivity index (χ0n) is 15.2. The maximum Gasteiger partial charge on any atom is 0.253 e. The van der Waals surface area contributed by atoms with E-state index in [9.17, 15) is 4.79 Å². The number of benzene rings is 1. The van der Waals surface area contributed by atoms with E-state index in [1.807, 2.05) is 44.2 Å². The third kappa shape index (κ3) is 3.90. The Morgan fingerprint density at radius 2 is 1.80 bits per heavy atom. The Balaban J connectivity index is 1.71. The summed E-state index contributed by atoms with van der Waals surface area (Å²) in [6, 6.07) is 9.80. The summed E-state index contributed by atoms with van der Waals surface area (Å²) in [5, 5.41) is 4.99. The van der Waals surface area contributed by atoms with Gasteiger partial charge in [-0.3, -0.25) is 4.79 Å².